The third-order valence-corrected chi connectivity index (χ3v) is 4.66. The first-order valence-corrected chi connectivity index (χ1v) is 8.39. The van der Waals surface area contributed by atoms with E-state index in [2.05, 4.69) is 18.9 Å². The second-order valence-corrected chi connectivity index (χ2v) is 6.38. The molecule has 1 fully saturated rings. The Hall–Kier alpha value is -1.68. The molecule has 1 aromatic heterocycles. The van der Waals surface area contributed by atoms with Crippen LogP contribution in [0.15, 0.2) is 29.1 Å². The van der Waals surface area contributed by atoms with E-state index in [4.69, 9.17) is 5.10 Å². The summed E-state index contributed by atoms with van der Waals surface area (Å²) in [5.41, 5.74) is 1.14. The number of nitrogens with zero attached hydrogens (tertiary/aromatic N) is 3. The van der Waals surface area contributed by atoms with Gasteiger partial charge in [-0.3, -0.25) is 4.79 Å². The predicted molar refractivity (Wildman–Crippen MR) is 90.4 cm³/mol. The minimum Gasteiger partial charge on any atom is -0.306 e. The van der Waals surface area contributed by atoms with Crippen molar-refractivity contribution in [2.45, 2.75) is 45.1 Å². The summed E-state index contributed by atoms with van der Waals surface area (Å²) in [4.78, 5) is 15.2. The largest absolute Gasteiger partial charge is 0.306 e. The zero-order chi connectivity index (χ0) is 15.5. The maximum atomic E-state index is 12.9. The van der Waals surface area contributed by atoms with Crippen LogP contribution in [0.2, 0.25) is 0 Å². The molecule has 118 valence electrons. The van der Waals surface area contributed by atoms with E-state index in [9.17, 15) is 4.79 Å². The summed E-state index contributed by atoms with van der Waals surface area (Å²) in [5, 5.41) is 6.61. The van der Waals surface area contributed by atoms with Gasteiger partial charge in [-0.05, 0) is 51.9 Å². The Kier molecular flexibility index (Phi) is 4.57. The van der Waals surface area contributed by atoms with Crippen LogP contribution in [0, 0.1) is 0 Å². The molecule has 1 aliphatic heterocycles. The highest BCUT2D eigenvalue weighted by Crippen LogP contribution is 2.22. The number of hydrogen-bond donors (Lipinski definition) is 0. The molecule has 1 aromatic carbocycles. The van der Waals surface area contributed by atoms with Crippen molar-refractivity contribution in [3.8, 4) is 0 Å². The summed E-state index contributed by atoms with van der Waals surface area (Å²) in [6.45, 7) is 4.31. The monoisotopic (exact) mass is 299 g/mol. The van der Waals surface area contributed by atoms with Crippen molar-refractivity contribution in [1.82, 2.24) is 14.7 Å². The molecule has 0 aliphatic carbocycles. The van der Waals surface area contributed by atoms with Gasteiger partial charge in [-0.25, -0.2) is 4.68 Å². The van der Waals surface area contributed by atoms with E-state index >= 15 is 0 Å². The molecule has 3 rings (SSSR count). The Morgan fingerprint density at radius 1 is 1.18 bits per heavy atom. The molecule has 22 heavy (non-hydrogen) atoms. The van der Waals surface area contributed by atoms with Crippen LogP contribution in [0.25, 0.3) is 10.8 Å². The number of benzene rings is 1. The van der Waals surface area contributed by atoms with E-state index in [-0.39, 0.29) is 11.6 Å². The zero-order valence-corrected chi connectivity index (χ0v) is 13.6. The van der Waals surface area contributed by atoms with Crippen molar-refractivity contribution in [2.75, 3.05) is 20.1 Å². The van der Waals surface area contributed by atoms with E-state index < -0.39 is 0 Å². The molecular formula is C18H25N3O. The fourth-order valence-corrected chi connectivity index (χ4v) is 3.41. The van der Waals surface area contributed by atoms with E-state index in [1.54, 1.807) is 4.68 Å². The summed E-state index contributed by atoms with van der Waals surface area (Å²) < 4.78 is 1.78. The lowest BCUT2D eigenvalue weighted by molar-refractivity contribution is 0.333. The van der Waals surface area contributed by atoms with Crippen LogP contribution in [0.1, 0.15) is 44.3 Å². The minimum absolute atomic E-state index is 0.0741. The second kappa shape index (κ2) is 6.61. The van der Waals surface area contributed by atoms with E-state index in [1.165, 1.54) is 0 Å². The molecule has 0 saturated carbocycles. The molecule has 4 heteroatoms. The average molecular weight is 299 g/mol. The lowest BCUT2D eigenvalue weighted by atomic mass is 10.1. The molecule has 0 N–H and O–H groups in total. The second-order valence-electron chi connectivity index (χ2n) is 6.38. The van der Waals surface area contributed by atoms with Crippen LogP contribution >= 0.6 is 0 Å². The number of aromatic nitrogens is 2. The molecule has 1 aliphatic rings. The van der Waals surface area contributed by atoms with Gasteiger partial charge in [-0.2, -0.15) is 5.10 Å². The lowest BCUT2D eigenvalue weighted by Gasteiger charge is -2.19. The van der Waals surface area contributed by atoms with E-state index in [1.807, 2.05) is 24.3 Å². The molecule has 0 bridgehead atoms. The van der Waals surface area contributed by atoms with Crippen molar-refractivity contribution in [3.05, 3.63) is 40.3 Å². The van der Waals surface area contributed by atoms with Crippen molar-refractivity contribution >= 4 is 10.8 Å². The van der Waals surface area contributed by atoms with Gasteiger partial charge in [0.25, 0.3) is 5.56 Å². The highest BCUT2D eigenvalue weighted by molar-refractivity contribution is 5.83. The predicted octanol–water partition coefficient (Wildman–Crippen LogP) is 3.01. The van der Waals surface area contributed by atoms with Crippen LogP contribution in [-0.2, 0) is 6.42 Å². The Morgan fingerprint density at radius 2 is 1.95 bits per heavy atom. The van der Waals surface area contributed by atoms with Gasteiger partial charge in [0.15, 0.2) is 0 Å². The molecule has 2 heterocycles. The summed E-state index contributed by atoms with van der Waals surface area (Å²) in [7, 11) is 2.15. The van der Waals surface area contributed by atoms with Gasteiger partial charge in [0.2, 0.25) is 0 Å². The first kappa shape index (κ1) is 15.2. The summed E-state index contributed by atoms with van der Waals surface area (Å²) in [5.74, 6) is 0. The van der Waals surface area contributed by atoms with E-state index in [0.29, 0.717) is 0 Å². The molecule has 2 aromatic rings. The highest BCUT2D eigenvalue weighted by Gasteiger charge is 2.20. The van der Waals surface area contributed by atoms with Crippen LogP contribution < -0.4 is 5.56 Å². The van der Waals surface area contributed by atoms with Gasteiger partial charge in [0.05, 0.1) is 17.1 Å². The first-order chi connectivity index (χ1) is 10.7. The molecule has 0 amide bonds. The summed E-state index contributed by atoms with van der Waals surface area (Å²) in [6.07, 6.45) is 5.15. The maximum Gasteiger partial charge on any atom is 0.274 e. The number of aryl methyl sites for hydroxylation is 1. The Morgan fingerprint density at radius 3 is 2.73 bits per heavy atom. The number of fused-ring (bicyclic) bond motifs is 1. The zero-order valence-electron chi connectivity index (χ0n) is 13.6. The standard InChI is InChI=1S/C18H25N3O/c1-3-7-17-15-9-4-5-10-16(15)18(22)21(19-17)14-8-6-12-20(2)13-11-14/h4-5,9-10,14H,3,6-8,11-13H2,1-2H3. The van der Waals surface area contributed by atoms with Gasteiger partial charge < -0.3 is 4.90 Å². The number of hydrogen-bond acceptors (Lipinski definition) is 3. The SMILES string of the molecule is CCCc1nn(C2CCCN(C)CC2)c(=O)c2ccccc12. The lowest BCUT2D eigenvalue weighted by Crippen LogP contribution is -2.29. The van der Waals surface area contributed by atoms with Gasteiger partial charge in [-0.15, -0.1) is 0 Å². The minimum atomic E-state index is 0.0741. The van der Waals surface area contributed by atoms with Crippen molar-refractivity contribution in [1.29, 1.82) is 0 Å². The van der Waals surface area contributed by atoms with Gasteiger partial charge in [0, 0.05) is 5.39 Å². The van der Waals surface area contributed by atoms with Gasteiger partial charge >= 0.3 is 0 Å². The third-order valence-electron chi connectivity index (χ3n) is 4.66. The quantitative estimate of drug-likeness (QED) is 0.874. The Bertz CT molecular complexity index is 707. The molecule has 4 nitrogen and oxygen atoms in total. The summed E-state index contributed by atoms with van der Waals surface area (Å²) >= 11 is 0. The summed E-state index contributed by atoms with van der Waals surface area (Å²) in [6, 6.07) is 8.15. The van der Waals surface area contributed by atoms with Crippen LogP contribution in [0.5, 0.6) is 0 Å². The normalized spacial score (nSPS) is 20.2. The topological polar surface area (TPSA) is 38.1 Å². The Labute approximate surface area is 131 Å². The van der Waals surface area contributed by atoms with Crippen molar-refractivity contribution in [2.24, 2.45) is 0 Å². The Balaban J connectivity index is 2.09. The van der Waals surface area contributed by atoms with Crippen molar-refractivity contribution < 1.29 is 0 Å². The number of rotatable bonds is 3. The molecule has 1 unspecified atom stereocenters. The average Bonchev–Trinajstić information content (AvgIpc) is 2.75. The molecule has 1 atom stereocenters. The fraction of sp³-hybridized carbons (Fsp3) is 0.556. The molecular weight excluding hydrogens is 274 g/mol. The highest BCUT2D eigenvalue weighted by atomic mass is 16.1. The maximum absolute atomic E-state index is 12.9. The van der Waals surface area contributed by atoms with Gasteiger partial charge in [0.1, 0.15) is 0 Å². The number of likely N-dealkylation sites (tertiary alicyclic amines) is 1. The molecule has 0 spiro atoms. The first-order valence-electron chi connectivity index (χ1n) is 8.39. The molecule has 0 radical (unpaired) electrons. The van der Waals surface area contributed by atoms with Crippen LogP contribution in [0.4, 0.5) is 0 Å². The van der Waals surface area contributed by atoms with Crippen LogP contribution in [-0.4, -0.2) is 34.8 Å². The van der Waals surface area contributed by atoms with Crippen molar-refractivity contribution in [3.63, 3.8) is 0 Å². The van der Waals surface area contributed by atoms with Gasteiger partial charge in [-0.1, -0.05) is 31.5 Å². The fourth-order valence-electron chi connectivity index (χ4n) is 3.41. The third kappa shape index (κ3) is 2.93. The molecule has 1 saturated heterocycles. The smallest absolute Gasteiger partial charge is 0.274 e. The van der Waals surface area contributed by atoms with Crippen LogP contribution in [0.3, 0.4) is 0 Å². The van der Waals surface area contributed by atoms with E-state index in [0.717, 1.165) is 61.7 Å².